The largest absolute Gasteiger partial charge is 0.497 e. The van der Waals surface area contributed by atoms with E-state index in [2.05, 4.69) is 0 Å². The minimum absolute atomic E-state index is 0.0322. The van der Waals surface area contributed by atoms with Gasteiger partial charge in [-0.1, -0.05) is 19.1 Å². The van der Waals surface area contributed by atoms with Crippen LogP contribution in [0.1, 0.15) is 58.9 Å². The first kappa shape index (κ1) is 25.3. The van der Waals surface area contributed by atoms with Gasteiger partial charge in [0.2, 0.25) is 5.43 Å². The highest BCUT2D eigenvalue weighted by molar-refractivity contribution is 5.99. The number of hydrogen-bond acceptors (Lipinski definition) is 4. The van der Waals surface area contributed by atoms with Crippen molar-refractivity contribution in [2.45, 2.75) is 51.4 Å². The minimum Gasteiger partial charge on any atom is -0.497 e. The van der Waals surface area contributed by atoms with Crippen LogP contribution in [-0.4, -0.2) is 53.7 Å². The molecule has 0 saturated carbocycles. The summed E-state index contributed by atoms with van der Waals surface area (Å²) in [6, 6.07) is 7.03. The lowest BCUT2D eigenvalue weighted by Crippen LogP contribution is -2.46. The molecule has 184 valence electrons. The van der Waals surface area contributed by atoms with Crippen molar-refractivity contribution < 1.29 is 27.5 Å². The Kier molecular flexibility index (Phi) is 8.01. The molecule has 7 nitrogen and oxygen atoms in total. The first-order valence-corrected chi connectivity index (χ1v) is 11.2. The van der Waals surface area contributed by atoms with Gasteiger partial charge < -0.3 is 19.5 Å². The monoisotopic (exact) mass is 479 g/mol. The number of nitrogens with zero attached hydrogens (tertiary/aromatic N) is 2. The number of pyridine rings is 1. The summed E-state index contributed by atoms with van der Waals surface area (Å²) in [7, 11) is 1.51. The lowest BCUT2D eigenvalue weighted by Gasteiger charge is -2.35. The summed E-state index contributed by atoms with van der Waals surface area (Å²) < 4.78 is 44.6. The van der Waals surface area contributed by atoms with Gasteiger partial charge >= 0.3 is 6.18 Å². The summed E-state index contributed by atoms with van der Waals surface area (Å²) in [5.41, 5.74) is -0.870. The zero-order chi connectivity index (χ0) is 24.9. The van der Waals surface area contributed by atoms with Crippen LogP contribution in [0.25, 0.3) is 0 Å². The van der Waals surface area contributed by atoms with Gasteiger partial charge in [-0.05, 0) is 43.4 Å². The Morgan fingerprint density at radius 1 is 1.18 bits per heavy atom. The average Bonchev–Trinajstić information content (AvgIpc) is 2.82. The van der Waals surface area contributed by atoms with Crippen molar-refractivity contribution >= 4 is 11.8 Å². The molecular formula is C24H28F3N3O4. The second-order valence-corrected chi connectivity index (χ2v) is 8.29. The molecule has 0 spiro atoms. The molecule has 2 aromatic rings. The Morgan fingerprint density at radius 2 is 1.91 bits per heavy atom. The molecule has 1 aromatic carbocycles. The number of halogens is 3. The van der Waals surface area contributed by atoms with E-state index in [0.29, 0.717) is 12.3 Å². The molecule has 1 aliphatic heterocycles. The van der Waals surface area contributed by atoms with Crippen molar-refractivity contribution in [3.8, 4) is 5.75 Å². The zero-order valence-electron chi connectivity index (χ0n) is 19.2. The Morgan fingerprint density at radius 3 is 2.59 bits per heavy atom. The van der Waals surface area contributed by atoms with E-state index in [1.165, 1.54) is 24.1 Å². The summed E-state index contributed by atoms with van der Waals surface area (Å²) >= 11 is 0. The number of ether oxygens (including phenoxy) is 1. The van der Waals surface area contributed by atoms with Crippen LogP contribution in [0.5, 0.6) is 5.75 Å². The number of piperidine rings is 1. The summed E-state index contributed by atoms with van der Waals surface area (Å²) in [5, 5.41) is 1.73. The molecule has 34 heavy (non-hydrogen) atoms. The van der Waals surface area contributed by atoms with Crippen LogP contribution in [0, 0.1) is 0 Å². The van der Waals surface area contributed by atoms with Crippen molar-refractivity contribution in [2.24, 2.45) is 0 Å². The highest BCUT2D eigenvalue weighted by Gasteiger charge is 2.31. The SMILES string of the molecule is CC[C@@H]1CCCCN1C(=O)c1cn(Cc2cccc(OC)c2)cc(C(=O)NCC(F)(F)F)c1=O. The van der Waals surface area contributed by atoms with E-state index in [9.17, 15) is 27.6 Å². The van der Waals surface area contributed by atoms with Crippen molar-refractivity contribution in [3.05, 3.63) is 63.6 Å². The zero-order valence-corrected chi connectivity index (χ0v) is 19.2. The topological polar surface area (TPSA) is 80.6 Å². The van der Waals surface area contributed by atoms with E-state index in [1.54, 1.807) is 34.5 Å². The minimum atomic E-state index is -4.63. The molecule has 1 atom stereocenters. The van der Waals surface area contributed by atoms with Crippen LogP contribution in [-0.2, 0) is 6.54 Å². The standard InChI is InChI=1S/C24H28F3N3O4/c1-3-17-8-4-5-10-30(17)23(33)20-14-29(12-16-7-6-9-18(11-16)34-2)13-19(21(20)31)22(32)28-15-24(25,26)27/h6-7,9,11,13-14,17H,3-5,8,10,12,15H2,1-2H3,(H,28,32)/t17-/m1/s1. The number of likely N-dealkylation sites (tertiary alicyclic amines) is 1. The maximum Gasteiger partial charge on any atom is 0.405 e. The number of alkyl halides is 3. The molecular weight excluding hydrogens is 451 g/mol. The molecule has 0 bridgehead atoms. The van der Waals surface area contributed by atoms with Crippen molar-refractivity contribution in [1.29, 1.82) is 0 Å². The Hall–Kier alpha value is -3.30. The molecule has 1 N–H and O–H groups in total. The number of rotatable bonds is 7. The Bertz CT molecular complexity index is 1100. The van der Waals surface area contributed by atoms with E-state index in [0.717, 1.165) is 31.2 Å². The summed E-state index contributed by atoms with van der Waals surface area (Å²) in [6.45, 7) is 1.04. The second-order valence-electron chi connectivity index (χ2n) is 8.29. The molecule has 0 radical (unpaired) electrons. The normalized spacial score (nSPS) is 16.3. The number of nitrogens with one attached hydrogen (secondary N) is 1. The highest BCUT2D eigenvalue weighted by Crippen LogP contribution is 2.22. The summed E-state index contributed by atoms with van der Waals surface area (Å²) in [6.07, 6.45) is 1.21. The lowest BCUT2D eigenvalue weighted by molar-refractivity contribution is -0.123. The third kappa shape index (κ3) is 6.18. The first-order valence-electron chi connectivity index (χ1n) is 11.2. The first-order chi connectivity index (χ1) is 16.1. The molecule has 0 unspecified atom stereocenters. The number of methoxy groups -OCH3 is 1. The maximum absolute atomic E-state index is 13.4. The van der Waals surface area contributed by atoms with Gasteiger partial charge in [0, 0.05) is 31.5 Å². The number of carbonyl (C=O) groups excluding carboxylic acids is 2. The second kappa shape index (κ2) is 10.8. The van der Waals surface area contributed by atoms with Crippen LogP contribution >= 0.6 is 0 Å². The number of hydrogen-bond donors (Lipinski definition) is 1. The molecule has 10 heteroatoms. The predicted octanol–water partition coefficient (Wildman–Crippen LogP) is 3.60. The van der Waals surface area contributed by atoms with E-state index in [1.807, 2.05) is 6.92 Å². The van der Waals surface area contributed by atoms with Crippen molar-refractivity contribution in [1.82, 2.24) is 14.8 Å². The van der Waals surface area contributed by atoms with Crippen LogP contribution in [0.4, 0.5) is 13.2 Å². The quantitative estimate of drug-likeness (QED) is 0.658. The van der Waals surface area contributed by atoms with E-state index in [-0.39, 0.29) is 18.2 Å². The predicted molar refractivity (Wildman–Crippen MR) is 120 cm³/mol. The van der Waals surface area contributed by atoms with Gasteiger partial charge in [-0.15, -0.1) is 0 Å². The van der Waals surface area contributed by atoms with Crippen molar-refractivity contribution in [3.63, 3.8) is 0 Å². The van der Waals surface area contributed by atoms with Crippen LogP contribution in [0.15, 0.2) is 41.5 Å². The van der Waals surface area contributed by atoms with Crippen LogP contribution in [0.3, 0.4) is 0 Å². The van der Waals surface area contributed by atoms with Gasteiger partial charge in [-0.3, -0.25) is 14.4 Å². The molecule has 2 amide bonds. The van der Waals surface area contributed by atoms with E-state index < -0.39 is 35.5 Å². The number of amides is 2. The van der Waals surface area contributed by atoms with Crippen LogP contribution < -0.4 is 15.5 Å². The molecule has 1 aromatic heterocycles. The summed E-state index contributed by atoms with van der Waals surface area (Å²) in [4.78, 5) is 40.6. The Balaban J connectivity index is 2.02. The maximum atomic E-state index is 13.4. The highest BCUT2D eigenvalue weighted by atomic mass is 19.4. The molecule has 1 saturated heterocycles. The van der Waals surface area contributed by atoms with Gasteiger partial charge in [0.25, 0.3) is 11.8 Å². The molecule has 1 fully saturated rings. The fraction of sp³-hybridized carbons (Fsp3) is 0.458. The third-order valence-electron chi connectivity index (χ3n) is 5.86. The van der Waals surface area contributed by atoms with E-state index >= 15 is 0 Å². The van der Waals surface area contributed by atoms with Gasteiger partial charge in [-0.25, -0.2) is 0 Å². The van der Waals surface area contributed by atoms with Gasteiger partial charge in [0.1, 0.15) is 23.4 Å². The fourth-order valence-corrected chi connectivity index (χ4v) is 4.14. The fourth-order valence-electron chi connectivity index (χ4n) is 4.14. The average molecular weight is 479 g/mol. The number of carbonyl (C=O) groups is 2. The molecule has 0 aliphatic carbocycles. The number of aromatic nitrogens is 1. The van der Waals surface area contributed by atoms with Gasteiger partial charge in [0.15, 0.2) is 0 Å². The van der Waals surface area contributed by atoms with E-state index in [4.69, 9.17) is 4.74 Å². The Labute approximate surface area is 195 Å². The third-order valence-corrected chi connectivity index (χ3v) is 5.86. The van der Waals surface area contributed by atoms with Crippen LogP contribution in [0.2, 0.25) is 0 Å². The molecule has 2 heterocycles. The van der Waals surface area contributed by atoms with Gasteiger partial charge in [0.05, 0.1) is 7.11 Å². The summed E-state index contributed by atoms with van der Waals surface area (Å²) in [5.74, 6) is -1.10. The molecule has 1 aliphatic rings. The van der Waals surface area contributed by atoms with Crippen molar-refractivity contribution in [2.75, 3.05) is 20.2 Å². The smallest absolute Gasteiger partial charge is 0.405 e. The lowest BCUT2D eigenvalue weighted by atomic mass is 9.98. The van der Waals surface area contributed by atoms with Gasteiger partial charge in [-0.2, -0.15) is 13.2 Å². The number of benzene rings is 1. The molecule has 3 rings (SSSR count).